The van der Waals surface area contributed by atoms with E-state index in [0.29, 0.717) is 19.3 Å². The number of unbranched alkanes of at least 4 members (excludes halogenated alkanes) is 25. The van der Waals surface area contributed by atoms with E-state index in [2.05, 4.69) is 106 Å². The highest BCUT2D eigenvalue weighted by Gasteiger charge is 2.19. The number of hydrogen-bond acceptors (Lipinski definition) is 6. The van der Waals surface area contributed by atoms with Crippen LogP contribution in [0.15, 0.2) is 85.1 Å². The molecule has 0 saturated heterocycles. The zero-order valence-corrected chi connectivity index (χ0v) is 43.9. The van der Waals surface area contributed by atoms with Gasteiger partial charge in [-0.25, -0.2) is 0 Å². The van der Waals surface area contributed by atoms with Crippen LogP contribution in [0.1, 0.15) is 265 Å². The fourth-order valence-electron chi connectivity index (χ4n) is 7.64. The summed E-state index contributed by atoms with van der Waals surface area (Å²) in [5, 5.41) is 0. The molecule has 0 aliphatic rings. The smallest absolute Gasteiger partial charge is 0.306 e. The molecule has 0 aromatic rings. The zero-order chi connectivity index (χ0) is 48.6. The van der Waals surface area contributed by atoms with Crippen molar-refractivity contribution in [3.8, 4) is 0 Å². The molecule has 0 N–H and O–H groups in total. The molecule has 6 heteroatoms. The lowest BCUT2D eigenvalue weighted by atomic mass is 10.1. The van der Waals surface area contributed by atoms with Crippen molar-refractivity contribution in [3.05, 3.63) is 85.1 Å². The molecule has 0 aliphatic carbocycles. The summed E-state index contributed by atoms with van der Waals surface area (Å²) in [6.45, 7) is 6.47. The van der Waals surface area contributed by atoms with Crippen LogP contribution in [-0.2, 0) is 28.6 Å². The minimum Gasteiger partial charge on any atom is -0.462 e. The highest BCUT2D eigenvalue weighted by atomic mass is 16.6. The topological polar surface area (TPSA) is 78.9 Å². The van der Waals surface area contributed by atoms with Crippen LogP contribution in [0.2, 0.25) is 0 Å². The summed E-state index contributed by atoms with van der Waals surface area (Å²) in [5.74, 6) is -0.974. The summed E-state index contributed by atoms with van der Waals surface area (Å²) in [7, 11) is 0. The highest BCUT2D eigenvalue weighted by Crippen LogP contribution is 2.14. The second-order valence-electron chi connectivity index (χ2n) is 18.5. The Labute approximate surface area is 414 Å². The van der Waals surface area contributed by atoms with Crippen LogP contribution in [0.5, 0.6) is 0 Å². The van der Waals surface area contributed by atoms with Gasteiger partial charge in [0.25, 0.3) is 0 Å². The van der Waals surface area contributed by atoms with Crippen molar-refractivity contribution in [1.82, 2.24) is 0 Å². The van der Waals surface area contributed by atoms with Crippen LogP contribution in [0, 0.1) is 0 Å². The number of hydrogen-bond donors (Lipinski definition) is 0. The van der Waals surface area contributed by atoms with Gasteiger partial charge in [-0.05, 0) is 109 Å². The van der Waals surface area contributed by atoms with E-state index < -0.39 is 6.10 Å². The molecule has 0 aromatic heterocycles. The SMILES string of the molecule is CC/C=C\C/C=C\C/C=C\C/C=C\C/C=C\CCCC(=O)OCC(COC(=O)CCCCCCC/C=C\CCCCCCCCC)OC(=O)CCCCCCC/C=C\CCCCCCCCC. The number of ether oxygens (including phenoxy) is 3. The Bertz CT molecular complexity index is 1300. The summed E-state index contributed by atoms with van der Waals surface area (Å²) >= 11 is 0. The molecular weight excluding hydrogens is 829 g/mol. The van der Waals surface area contributed by atoms with Gasteiger partial charge in [0.1, 0.15) is 13.2 Å². The standard InChI is InChI=1S/C61H104O6/c1-4-7-10-13-16-19-22-25-28-31-34-36-39-42-45-48-51-54-60(63)66-57-58(67-61(64)55-52-49-46-43-40-37-33-30-27-24-21-18-15-12-9-6-3)56-65-59(62)53-50-47-44-41-38-35-32-29-26-23-20-17-14-11-8-5-2/h7,10,16,19,25,28-30,32-34,36,42,45,58H,4-6,8-9,11-15,17-18,20-24,26-27,31,35,37-41,43-44,46-57H2,1-3H3/b10-7-,19-16-,28-25-,32-29-,33-30-,36-34-,45-42-. The lowest BCUT2D eigenvalue weighted by Gasteiger charge is -2.18. The first kappa shape index (κ1) is 63.6. The molecular formula is C61H104O6. The predicted octanol–water partition coefficient (Wildman–Crippen LogP) is 18.8. The van der Waals surface area contributed by atoms with Crippen LogP contribution >= 0.6 is 0 Å². The van der Waals surface area contributed by atoms with E-state index in [1.165, 1.54) is 122 Å². The van der Waals surface area contributed by atoms with E-state index in [0.717, 1.165) is 96.3 Å². The molecule has 1 unspecified atom stereocenters. The summed E-state index contributed by atoms with van der Waals surface area (Å²) < 4.78 is 16.8. The molecule has 0 spiro atoms. The summed E-state index contributed by atoms with van der Waals surface area (Å²) in [5.41, 5.74) is 0. The summed E-state index contributed by atoms with van der Waals surface area (Å²) in [6.07, 6.45) is 71.5. The van der Waals surface area contributed by atoms with E-state index in [-0.39, 0.29) is 37.5 Å². The van der Waals surface area contributed by atoms with Gasteiger partial charge < -0.3 is 14.2 Å². The Morgan fingerprint density at radius 2 is 0.597 bits per heavy atom. The average molecular weight is 933 g/mol. The summed E-state index contributed by atoms with van der Waals surface area (Å²) in [4.78, 5) is 38.1. The van der Waals surface area contributed by atoms with Crippen molar-refractivity contribution in [2.75, 3.05) is 13.2 Å². The van der Waals surface area contributed by atoms with Gasteiger partial charge in [-0.3, -0.25) is 14.4 Å². The first-order valence-electron chi connectivity index (χ1n) is 28.1. The largest absolute Gasteiger partial charge is 0.462 e. The van der Waals surface area contributed by atoms with Crippen molar-refractivity contribution >= 4 is 17.9 Å². The second kappa shape index (κ2) is 55.2. The van der Waals surface area contributed by atoms with E-state index in [9.17, 15) is 14.4 Å². The molecule has 0 amide bonds. The van der Waals surface area contributed by atoms with Crippen molar-refractivity contribution in [1.29, 1.82) is 0 Å². The Morgan fingerprint density at radius 1 is 0.313 bits per heavy atom. The number of carbonyl (C=O) groups excluding carboxylic acids is 3. The Morgan fingerprint density at radius 3 is 0.985 bits per heavy atom. The Hall–Kier alpha value is -3.41. The molecule has 384 valence electrons. The van der Waals surface area contributed by atoms with Crippen molar-refractivity contribution in [2.24, 2.45) is 0 Å². The molecule has 67 heavy (non-hydrogen) atoms. The van der Waals surface area contributed by atoms with Gasteiger partial charge in [0.2, 0.25) is 0 Å². The molecule has 0 radical (unpaired) electrons. The molecule has 0 bridgehead atoms. The summed E-state index contributed by atoms with van der Waals surface area (Å²) in [6, 6.07) is 0. The van der Waals surface area contributed by atoms with Gasteiger partial charge >= 0.3 is 17.9 Å². The maximum atomic E-state index is 12.8. The number of allylic oxidation sites excluding steroid dienone is 14. The molecule has 0 aliphatic heterocycles. The predicted molar refractivity (Wildman–Crippen MR) is 288 cm³/mol. The quantitative estimate of drug-likeness (QED) is 0.0262. The molecule has 6 nitrogen and oxygen atoms in total. The van der Waals surface area contributed by atoms with Gasteiger partial charge in [0.15, 0.2) is 6.10 Å². The van der Waals surface area contributed by atoms with Crippen LogP contribution < -0.4 is 0 Å². The van der Waals surface area contributed by atoms with Crippen LogP contribution in [-0.4, -0.2) is 37.2 Å². The minimum absolute atomic E-state index is 0.102. The fraction of sp³-hybridized carbons (Fsp3) is 0.721. The van der Waals surface area contributed by atoms with Gasteiger partial charge in [0, 0.05) is 19.3 Å². The first-order chi connectivity index (χ1) is 33.0. The lowest BCUT2D eigenvalue weighted by molar-refractivity contribution is -0.167. The molecule has 1 atom stereocenters. The monoisotopic (exact) mass is 933 g/mol. The first-order valence-corrected chi connectivity index (χ1v) is 28.1. The van der Waals surface area contributed by atoms with Crippen LogP contribution in [0.4, 0.5) is 0 Å². The van der Waals surface area contributed by atoms with Gasteiger partial charge in [-0.2, -0.15) is 0 Å². The lowest BCUT2D eigenvalue weighted by Crippen LogP contribution is -2.30. The fourth-order valence-corrected chi connectivity index (χ4v) is 7.64. The molecule has 0 heterocycles. The average Bonchev–Trinajstić information content (AvgIpc) is 3.33. The van der Waals surface area contributed by atoms with E-state index in [1.807, 2.05) is 0 Å². The molecule has 0 aromatic carbocycles. The van der Waals surface area contributed by atoms with Crippen molar-refractivity contribution in [3.63, 3.8) is 0 Å². The highest BCUT2D eigenvalue weighted by molar-refractivity contribution is 5.71. The zero-order valence-electron chi connectivity index (χ0n) is 43.9. The maximum Gasteiger partial charge on any atom is 0.306 e. The third-order valence-electron chi connectivity index (χ3n) is 11.9. The van der Waals surface area contributed by atoms with Gasteiger partial charge in [0.05, 0.1) is 0 Å². The number of carbonyl (C=O) groups is 3. The second-order valence-corrected chi connectivity index (χ2v) is 18.5. The van der Waals surface area contributed by atoms with Crippen LogP contribution in [0.3, 0.4) is 0 Å². The molecule has 0 saturated carbocycles. The number of esters is 3. The normalized spacial score (nSPS) is 12.7. The van der Waals surface area contributed by atoms with Gasteiger partial charge in [-0.1, -0.05) is 221 Å². The van der Waals surface area contributed by atoms with Crippen LogP contribution in [0.25, 0.3) is 0 Å². The minimum atomic E-state index is -0.807. The molecule has 0 fully saturated rings. The third-order valence-corrected chi connectivity index (χ3v) is 11.9. The van der Waals surface area contributed by atoms with Crippen molar-refractivity contribution < 1.29 is 28.6 Å². The van der Waals surface area contributed by atoms with Crippen molar-refractivity contribution in [2.45, 2.75) is 271 Å². The van der Waals surface area contributed by atoms with E-state index >= 15 is 0 Å². The van der Waals surface area contributed by atoms with E-state index in [4.69, 9.17) is 14.2 Å². The Balaban J connectivity index is 4.49. The Kier molecular flexibility index (Phi) is 52.4. The third kappa shape index (κ3) is 53.4. The van der Waals surface area contributed by atoms with Gasteiger partial charge in [-0.15, -0.1) is 0 Å². The van der Waals surface area contributed by atoms with E-state index in [1.54, 1.807) is 0 Å². The number of rotatable bonds is 50. The maximum absolute atomic E-state index is 12.8. The molecule has 0 rings (SSSR count).